The average Bonchev–Trinajstić information content (AvgIpc) is 3.37. The van der Waals surface area contributed by atoms with Gasteiger partial charge in [-0.25, -0.2) is 14.5 Å². The van der Waals surface area contributed by atoms with E-state index in [0.29, 0.717) is 24.4 Å². The van der Waals surface area contributed by atoms with E-state index in [1.807, 2.05) is 18.7 Å². The second-order valence-electron chi connectivity index (χ2n) is 8.93. The van der Waals surface area contributed by atoms with Gasteiger partial charge in [-0.2, -0.15) is 9.97 Å². The van der Waals surface area contributed by atoms with E-state index < -0.39 is 50.9 Å². The van der Waals surface area contributed by atoms with E-state index in [1.54, 1.807) is 13.8 Å². The Morgan fingerprint density at radius 3 is 2.68 bits per heavy atom. The number of hydrogen-bond donors (Lipinski definition) is 3. The molecular weight excluding hydrogens is 532 g/mol. The summed E-state index contributed by atoms with van der Waals surface area (Å²) in [6.45, 7) is 9.48. The summed E-state index contributed by atoms with van der Waals surface area (Å²) in [6, 6.07) is -0.917. The van der Waals surface area contributed by atoms with Crippen LogP contribution in [0.4, 0.5) is 16.2 Å². The predicted molar refractivity (Wildman–Crippen MR) is 137 cm³/mol. The highest BCUT2D eigenvalue weighted by Gasteiger charge is 2.56. The van der Waals surface area contributed by atoms with Gasteiger partial charge in [0.1, 0.15) is 17.7 Å². The summed E-state index contributed by atoms with van der Waals surface area (Å²) in [5, 5.41) is 13.3. The smallest absolute Gasteiger partial charge is 0.323 e. The molecule has 6 atom stereocenters. The lowest BCUT2D eigenvalue weighted by Crippen LogP contribution is -2.47. The number of fused-ring (bicyclic) bond motifs is 1. The Balaban J connectivity index is 1.81. The van der Waals surface area contributed by atoms with Gasteiger partial charge in [-0.05, 0) is 34.6 Å². The van der Waals surface area contributed by atoms with Gasteiger partial charge in [-0.1, -0.05) is 0 Å². The molecule has 3 heterocycles. The molecule has 1 aliphatic rings. The standard InChI is InChI=1S/C21H34ClFN7O6P/c1-6-29(7-2)16-14-17(27-20(24)26-16)30(10-25-14)18-13(23)15(31)21(8-22,36-18)9-34-37(33)28-12(5)19(32)35-11(3)4/h10-13,15,18,31,37H,6-9H2,1-5H3,(H,28,33)(H2,24,26,27)/t12-,13+,15-,18+,21+/m0/s1. The number of nitrogens with two attached hydrogens (primary N) is 1. The van der Waals surface area contributed by atoms with Gasteiger partial charge in [0, 0.05) is 13.1 Å². The van der Waals surface area contributed by atoms with Crippen molar-refractivity contribution in [2.75, 3.05) is 36.2 Å². The number of nitrogens with one attached hydrogen (secondary N) is 1. The lowest BCUT2D eigenvalue weighted by atomic mass is 9.99. The van der Waals surface area contributed by atoms with Crippen LogP contribution in [-0.4, -0.2) is 86.2 Å². The first-order valence-electron chi connectivity index (χ1n) is 11.9. The van der Waals surface area contributed by atoms with Gasteiger partial charge in [-0.15, -0.1) is 11.6 Å². The minimum atomic E-state index is -3.01. The van der Waals surface area contributed by atoms with Crippen molar-refractivity contribution in [1.82, 2.24) is 24.6 Å². The Labute approximate surface area is 219 Å². The molecule has 2 aromatic heterocycles. The molecule has 0 bridgehead atoms. The van der Waals surface area contributed by atoms with Gasteiger partial charge in [-0.3, -0.25) is 13.9 Å². The zero-order valence-electron chi connectivity index (χ0n) is 21.4. The van der Waals surface area contributed by atoms with Gasteiger partial charge in [0.2, 0.25) is 5.95 Å². The van der Waals surface area contributed by atoms with E-state index >= 15 is 4.39 Å². The van der Waals surface area contributed by atoms with Crippen molar-refractivity contribution in [1.29, 1.82) is 0 Å². The number of halogens is 2. The van der Waals surface area contributed by atoms with Gasteiger partial charge in [0.25, 0.3) is 8.18 Å². The molecule has 0 radical (unpaired) electrons. The number of esters is 1. The van der Waals surface area contributed by atoms with Crippen LogP contribution < -0.4 is 15.7 Å². The normalized spacial score (nSPS) is 25.5. The number of ether oxygens (including phenoxy) is 2. The van der Waals surface area contributed by atoms with E-state index in [4.69, 9.17) is 31.3 Å². The molecule has 0 aromatic carbocycles. The number of aliphatic hydroxyl groups excluding tert-OH is 1. The van der Waals surface area contributed by atoms with Crippen molar-refractivity contribution in [2.24, 2.45) is 0 Å². The van der Waals surface area contributed by atoms with Crippen molar-refractivity contribution in [3.63, 3.8) is 0 Å². The number of imidazole rings is 1. The van der Waals surface area contributed by atoms with Crippen LogP contribution >= 0.6 is 19.8 Å². The molecule has 0 spiro atoms. The molecule has 0 saturated carbocycles. The lowest BCUT2D eigenvalue weighted by Gasteiger charge is -2.29. The summed E-state index contributed by atoms with van der Waals surface area (Å²) in [5.74, 6) is -0.532. The fraction of sp³-hybridized carbons (Fsp3) is 0.714. The summed E-state index contributed by atoms with van der Waals surface area (Å²) < 4.78 is 45.5. The number of aromatic nitrogens is 4. The highest BCUT2D eigenvalue weighted by molar-refractivity contribution is 7.36. The minimum Gasteiger partial charge on any atom is -0.462 e. The fourth-order valence-electron chi connectivity index (χ4n) is 3.95. The Bertz CT molecular complexity index is 1120. The van der Waals surface area contributed by atoms with E-state index in [9.17, 15) is 14.5 Å². The molecule has 16 heteroatoms. The third-order valence-corrected chi connectivity index (χ3v) is 7.47. The number of hydrogen-bond acceptors (Lipinski definition) is 11. The molecule has 1 saturated heterocycles. The molecule has 208 valence electrons. The number of nitrogens with zero attached hydrogens (tertiary/aromatic N) is 5. The SMILES string of the molecule is CCN(CC)c1nc(N)nc2c1ncn2[C@@H]1O[C@](CCl)(CO[PH](=O)N[C@@H](C)C(=O)OC(C)C)[C@@H](O)[C@H]1F. The maximum absolute atomic E-state index is 15.4. The third-order valence-electron chi connectivity index (χ3n) is 5.94. The van der Waals surface area contributed by atoms with Crippen LogP contribution in [0, 0.1) is 0 Å². The third kappa shape index (κ3) is 6.15. The molecule has 4 N–H and O–H groups in total. The van der Waals surface area contributed by atoms with Crippen molar-refractivity contribution in [3.8, 4) is 0 Å². The molecule has 0 aliphatic carbocycles. The molecule has 1 unspecified atom stereocenters. The summed E-state index contributed by atoms with van der Waals surface area (Å²) in [6.07, 6.45) is -4.08. The monoisotopic (exact) mass is 565 g/mol. The lowest BCUT2D eigenvalue weighted by molar-refractivity contribution is -0.149. The predicted octanol–water partition coefficient (Wildman–Crippen LogP) is 1.80. The number of carbonyl (C=O) groups excluding carboxylic acids is 1. The average molecular weight is 566 g/mol. The Hall–Kier alpha value is -2.09. The number of rotatable bonds is 12. The quantitative estimate of drug-likeness (QED) is 0.194. The molecule has 13 nitrogen and oxygen atoms in total. The zero-order valence-corrected chi connectivity index (χ0v) is 23.1. The first kappa shape index (κ1) is 29.5. The second-order valence-corrected chi connectivity index (χ2v) is 10.3. The maximum Gasteiger partial charge on any atom is 0.323 e. The van der Waals surface area contributed by atoms with Crippen LogP contribution in [0.15, 0.2) is 6.33 Å². The van der Waals surface area contributed by atoms with Crippen LogP contribution in [0.1, 0.15) is 40.8 Å². The Kier molecular flexibility index (Phi) is 9.70. The zero-order chi connectivity index (χ0) is 27.5. The summed E-state index contributed by atoms with van der Waals surface area (Å²) >= 11 is 6.10. The molecule has 3 rings (SSSR count). The Morgan fingerprint density at radius 2 is 2.08 bits per heavy atom. The molecular formula is C21H34ClFN7O6P. The fourth-order valence-corrected chi connectivity index (χ4v) is 5.18. The van der Waals surface area contributed by atoms with Gasteiger partial charge >= 0.3 is 5.97 Å². The summed E-state index contributed by atoms with van der Waals surface area (Å²) in [5.41, 5.74) is 4.78. The molecule has 37 heavy (non-hydrogen) atoms. The highest BCUT2D eigenvalue weighted by Crippen LogP contribution is 2.42. The first-order chi connectivity index (χ1) is 17.5. The van der Waals surface area contributed by atoms with Crippen molar-refractivity contribution in [3.05, 3.63) is 6.33 Å². The van der Waals surface area contributed by atoms with Crippen LogP contribution in [-0.2, 0) is 23.4 Å². The number of carbonyl (C=O) groups is 1. The first-order valence-corrected chi connectivity index (χ1v) is 13.8. The maximum atomic E-state index is 15.4. The van der Waals surface area contributed by atoms with Gasteiger partial charge in [0.05, 0.1) is 24.9 Å². The van der Waals surface area contributed by atoms with E-state index in [0.717, 1.165) is 0 Å². The van der Waals surface area contributed by atoms with Crippen molar-refractivity contribution in [2.45, 2.75) is 70.9 Å². The van der Waals surface area contributed by atoms with Crippen LogP contribution in [0.2, 0.25) is 0 Å². The van der Waals surface area contributed by atoms with E-state index in [1.165, 1.54) is 17.8 Å². The summed E-state index contributed by atoms with van der Waals surface area (Å²) in [7, 11) is -3.01. The Morgan fingerprint density at radius 1 is 1.41 bits per heavy atom. The number of nitrogen functional groups attached to an aromatic ring is 1. The molecule has 2 aromatic rings. The number of alkyl halides is 2. The van der Waals surface area contributed by atoms with Crippen LogP contribution in [0.5, 0.6) is 0 Å². The van der Waals surface area contributed by atoms with Crippen molar-refractivity contribution >= 4 is 48.7 Å². The number of aliphatic hydroxyl groups is 1. The van der Waals surface area contributed by atoms with E-state index in [2.05, 4.69) is 20.0 Å². The topological polar surface area (TPSA) is 167 Å². The molecule has 1 fully saturated rings. The molecule has 0 amide bonds. The second kappa shape index (κ2) is 12.2. The number of anilines is 2. The van der Waals surface area contributed by atoms with Crippen molar-refractivity contribution < 1.29 is 32.9 Å². The van der Waals surface area contributed by atoms with E-state index in [-0.39, 0.29) is 23.6 Å². The largest absolute Gasteiger partial charge is 0.462 e. The minimum absolute atomic E-state index is 0.0353. The highest BCUT2D eigenvalue weighted by atomic mass is 35.5. The molecule has 1 aliphatic heterocycles. The van der Waals surface area contributed by atoms with Crippen LogP contribution in [0.3, 0.4) is 0 Å². The van der Waals surface area contributed by atoms with Crippen LogP contribution in [0.25, 0.3) is 11.2 Å². The van der Waals surface area contributed by atoms with Gasteiger partial charge in [0.15, 0.2) is 29.4 Å². The summed E-state index contributed by atoms with van der Waals surface area (Å²) in [4.78, 5) is 26.7. The van der Waals surface area contributed by atoms with Gasteiger partial charge < -0.3 is 29.7 Å².